The highest BCUT2D eigenvalue weighted by atomic mass is 32.2. The van der Waals surface area contributed by atoms with Gasteiger partial charge in [-0.05, 0) is 45.1 Å². The first-order valence-electron chi connectivity index (χ1n) is 6.87. The van der Waals surface area contributed by atoms with Gasteiger partial charge in [-0.1, -0.05) is 11.8 Å². The van der Waals surface area contributed by atoms with Gasteiger partial charge in [-0.2, -0.15) is 0 Å². The highest BCUT2D eigenvalue weighted by Crippen LogP contribution is 2.36. The Morgan fingerprint density at radius 2 is 2.28 bits per heavy atom. The molecule has 0 aromatic carbocycles. The van der Waals surface area contributed by atoms with Crippen LogP contribution in [-0.2, 0) is 0 Å². The molecule has 1 saturated carbocycles. The molecule has 0 bridgehead atoms. The van der Waals surface area contributed by atoms with E-state index in [2.05, 4.69) is 15.5 Å². The van der Waals surface area contributed by atoms with Crippen molar-refractivity contribution in [2.75, 3.05) is 12.3 Å². The van der Waals surface area contributed by atoms with Crippen molar-refractivity contribution in [3.05, 3.63) is 10.5 Å². The molecule has 1 atom stereocenters. The first-order chi connectivity index (χ1) is 8.84. The molecule has 3 rings (SSSR count). The zero-order valence-corrected chi connectivity index (χ0v) is 11.3. The number of nitrogens with zero attached hydrogens (tertiary/aromatic N) is 2. The van der Waals surface area contributed by atoms with E-state index in [0.717, 1.165) is 29.8 Å². The zero-order chi connectivity index (χ0) is 12.4. The topological polar surface area (TPSA) is 62.7 Å². The van der Waals surface area contributed by atoms with Crippen LogP contribution in [0.5, 0.6) is 0 Å². The summed E-state index contributed by atoms with van der Waals surface area (Å²) in [6, 6.07) is 1.13. The molecule has 1 unspecified atom stereocenters. The Kier molecular flexibility index (Phi) is 3.75. The number of H-pyrrole nitrogens is 1. The van der Waals surface area contributed by atoms with Crippen LogP contribution in [0, 0.1) is 0 Å². The van der Waals surface area contributed by atoms with Crippen LogP contribution in [0.4, 0.5) is 0 Å². The van der Waals surface area contributed by atoms with Crippen molar-refractivity contribution < 1.29 is 0 Å². The SMILES string of the molecule is O=c1[nH]nc(SCCCC2CCCN2)n1C1CC1. The first kappa shape index (κ1) is 12.3. The Hall–Kier alpha value is -0.750. The lowest BCUT2D eigenvalue weighted by molar-refractivity contribution is 0.553. The monoisotopic (exact) mass is 268 g/mol. The highest BCUT2D eigenvalue weighted by molar-refractivity contribution is 7.99. The van der Waals surface area contributed by atoms with Crippen molar-refractivity contribution >= 4 is 11.8 Å². The molecule has 1 saturated heterocycles. The molecule has 2 N–H and O–H groups in total. The van der Waals surface area contributed by atoms with Crippen LogP contribution in [0.3, 0.4) is 0 Å². The van der Waals surface area contributed by atoms with Crippen molar-refractivity contribution in [2.45, 2.75) is 55.8 Å². The predicted octanol–water partition coefficient (Wildman–Crippen LogP) is 1.53. The largest absolute Gasteiger partial charge is 0.344 e. The number of hydrogen-bond acceptors (Lipinski definition) is 4. The van der Waals surface area contributed by atoms with Gasteiger partial charge in [0.1, 0.15) is 0 Å². The first-order valence-corrected chi connectivity index (χ1v) is 7.86. The Labute approximate surface area is 111 Å². The third-order valence-electron chi connectivity index (χ3n) is 3.67. The van der Waals surface area contributed by atoms with E-state index in [1.807, 2.05) is 4.57 Å². The summed E-state index contributed by atoms with van der Waals surface area (Å²) in [5.74, 6) is 1.05. The van der Waals surface area contributed by atoms with Crippen LogP contribution in [0.25, 0.3) is 0 Å². The molecule has 18 heavy (non-hydrogen) atoms. The molecule has 0 amide bonds. The standard InChI is InChI=1S/C12H20N4OS/c17-11-14-15-12(16(11)10-5-6-10)18-8-2-4-9-3-1-7-13-9/h9-10,13H,1-8H2,(H,14,17). The Morgan fingerprint density at radius 1 is 1.39 bits per heavy atom. The lowest BCUT2D eigenvalue weighted by Gasteiger charge is -2.09. The second kappa shape index (κ2) is 5.48. The van der Waals surface area contributed by atoms with Crippen LogP contribution < -0.4 is 11.0 Å². The summed E-state index contributed by atoms with van der Waals surface area (Å²) >= 11 is 1.71. The Morgan fingerprint density at radius 3 is 3.00 bits per heavy atom. The van der Waals surface area contributed by atoms with E-state index in [9.17, 15) is 4.79 Å². The minimum Gasteiger partial charge on any atom is -0.314 e. The van der Waals surface area contributed by atoms with Crippen molar-refractivity contribution in [3.8, 4) is 0 Å². The minimum absolute atomic E-state index is 0.0440. The third-order valence-corrected chi connectivity index (χ3v) is 4.71. The Balaban J connectivity index is 1.46. The molecule has 0 radical (unpaired) electrons. The van der Waals surface area contributed by atoms with Crippen LogP contribution >= 0.6 is 11.8 Å². The summed E-state index contributed by atoms with van der Waals surface area (Å²) in [7, 11) is 0. The van der Waals surface area contributed by atoms with Gasteiger partial charge in [-0.3, -0.25) is 4.57 Å². The van der Waals surface area contributed by atoms with E-state index < -0.39 is 0 Å². The average molecular weight is 268 g/mol. The highest BCUT2D eigenvalue weighted by Gasteiger charge is 2.28. The summed E-state index contributed by atoms with van der Waals surface area (Å²) in [5.41, 5.74) is -0.0440. The fourth-order valence-electron chi connectivity index (χ4n) is 2.54. The van der Waals surface area contributed by atoms with E-state index in [1.165, 1.54) is 32.2 Å². The summed E-state index contributed by atoms with van der Waals surface area (Å²) in [6.07, 6.45) is 7.31. The van der Waals surface area contributed by atoms with Gasteiger partial charge in [0.25, 0.3) is 0 Å². The molecule has 2 fully saturated rings. The fraction of sp³-hybridized carbons (Fsp3) is 0.833. The van der Waals surface area contributed by atoms with E-state index in [-0.39, 0.29) is 5.69 Å². The van der Waals surface area contributed by atoms with E-state index >= 15 is 0 Å². The number of hydrogen-bond donors (Lipinski definition) is 2. The summed E-state index contributed by atoms with van der Waals surface area (Å²) < 4.78 is 1.83. The van der Waals surface area contributed by atoms with Gasteiger partial charge in [0.05, 0.1) is 0 Å². The molecule has 2 aliphatic rings. The number of rotatable bonds is 6. The van der Waals surface area contributed by atoms with Crippen LogP contribution in [-0.4, -0.2) is 33.1 Å². The normalized spacial score (nSPS) is 23.7. The van der Waals surface area contributed by atoms with Crippen molar-refractivity contribution in [3.63, 3.8) is 0 Å². The quantitative estimate of drug-likeness (QED) is 0.607. The van der Waals surface area contributed by atoms with Crippen molar-refractivity contribution in [1.82, 2.24) is 20.1 Å². The number of nitrogens with one attached hydrogen (secondary N) is 2. The molecule has 1 aromatic heterocycles. The third kappa shape index (κ3) is 2.80. The molecular weight excluding hydrogens is 248 g/mol. The summed E-state index contributed by atoms with van der Waals surface area (Å²) in [5, 5.41) is 11.1. The maximum Gasteiger partial charge on any atom is 0.344 e. The summed E-state index contributed by atoms with van der Waals surface area (Å²) in [6.45, 7) is 1.18. The molecule has 1 aliphatic carbocycles. The van der Waals surface area contributed by atoms with Gasteiger partial charge in [-0.15, -0.1) is 5.10 Å². The van der Waals surface area contributed by atoms with Gasteiger partial charge in [0, 0.05) is 17.8 Å². The van der Waals surface area contributed by atoms with Gasteiger partial charge in [-0.25, -0.2) is 9.89 Å². The van der Waals surface area contributed by atoms with Gasteiger partial charge < -0.3 is 5.32 Å². The van der Waals surface area contributed by atoms with Gasteiger partial charge in [0.15, 0.2) is 5.16 Å². The predicted molar refractivity (Wildman–Crippen MR) is 72.1 cm³/mol. The maximum absolute atomic E-state index is 11.6. The number of aromatic nitrogens is 3. The second-order valence-electron chi connectivity index (χ2n) is 5.20. The van der Waals surface area contributed by atoms with E-state index in [0.29, 0.717) is 6.04 Å². The van der Waals surface area contributed by atoms with Gasteiger partial charge >= 0.3 is 5.69 Å². The van der Waals surface area contributed by atoms with Crippen molar-refractivity contribution in [1.29, 1.82) is 0 Å². The van der Waals surface area contributed by atoms with Crippen LogP contribution in [0.2, 0.25) is 0 Å². The van der Waals surface area contributed by atoms with Crippen LogP contribution in [0.1, 0.15) is 44.6 Å². The lowest BCUT2D eigenvalue weighted by Crippen LogP contribution is -2.21. The molecule has 2 heterocycles. The zero-order valence-electron chi connectivity index (χ0n) is 10.5. The van der Waals surface area contributed by atoms with Crippen LogP contribution in [0.15, 0.2) is 9.95 Å². The van der Waals surface area contributed by atoms with E-state index in [1.54, 1.807) is 11.8 Å². The molecule has 5 nitrogen and oxygen atoms in total. The molecule has 1 aromatic rings. The average Bonchev–Trinajstić information content (AvgIpc) is 2.93. The lowest BCUT2D eigenvalue weighted by atomic mass is 10.1. The minimum atomic E-state index is -0.0440. The molecule has 100 valence electrons. The summed E-state index contributed by atoms with van der Waals surface area (Å²) in [4.78, 5) is 11.6. The smallest absolute Gasteiger partial charge is 0.314 e. The van der Waals surface area contributed by atoms with Gasteiger partial charge in [0.2, 0.25) is 0 Å². The number of aromatic amines is 1. The molecule has 0 spiro atoms. The number of thioether (sulfide) groups is 1. The van der Waals surface area contributed by atoms with E-state index in [4.69, 9.17) is 0 Å². The maximum atomic E-state index is 11.6. The molecule has 6 heteroatoms. The molecular formula is C12H20N4OS. The molecule has 1 aliphatic heterocycles. The van der Waals surface area contributed by atoms with Crippen molar-refractivity contribution in [2.24, 2.45) is 0 Å². The second-order valence-corrected chi connectivity index (χ2v) is 6.26. The Bertz CT molecular complexity index is 445. The fourth-order valence-corrected chi connectivity index (χ4v) is 3.52.